The predicted molar refractivity (Wildman–Crippen MR) is 120 cm³/mol. The molecule has 2 aromatic heterocycles. The van der Waals surface area contributed by atoms with Crippen molar-refractivity contribution in [1.29, 1.82) is 0 Å². The number of alkyl halides is 3. The van der Waals surface area contributed by atoms with Gasteiger partial charge in [-0.25, -0.2) is 9.29 Å². The SMILES string of the molecule is CC(C)(C)c1cc(NC(=O)c2cnc3c(c2)N(S(=O)(=O)N2CCC(C(F)(F)F)CC2)CCO3)on1. The smallest absolute Gasteiger partial charge is 0.391 e. The lowest BCUT2D eigenvalue weighted by molar-refractivity contribution is -0.182. The van der Waals surface area contributed by atoms with E-state index in [9.17, 15) is 26.4 Å². The molecular formula is C21H26F3N5O5S. The Labute approximate surface area is 200 Å². The highest BCUT2D eigenvalue weighted by Crippen LogP contribution is 2.37. The minimum absolute atomic E-state index is 0.0104. The van der Waals surface area contributed by atoms with Crippen LogP contribution in [-0.2, 0) is 15.6 Å². The third-order valence-corrected chi connectivity index (χ3v) is 7.89. The summed E-state index contributed by atoms with van der Waals surface area (Å²) in [5, 5.41) is 6.49. The zero-order valence-corrected chi connectivity index (χ0v) is 20.2. The van der Waals surface area contributed by atoms with E-state index in [4.69, 9.17) is 9.26 Å². The summed E-state index contributed by atoms with van der Waals surface area (Å²) in [6.07, 6.45) is -3.74. The average Bonchev–Trinajstić information content (AvgIpc) is 3.27. The number of nitrogens with zero attached hydrogens (tertiary/aromatic N) is 4. The van der Waals surface area contributed by atoms with Crippen molar-refractivity contribution in [3.8, 4) is 5.88 Å². The Balaban J connectivity index is 1.54. The van der Waals surface area contributed by atoms with Crippen LogP contribution < -0.4 is 14.4 Å². The molecule has 1 amide bonds. The van der Waals surface area contributed by atoms with Crippen LogP contribution in [0, 0.1) is 5.92 Å². The van der Waals surface area contributed by atoms with Crippen molar-refractivity contribution in [2.24, 2.45) is 5.92 Å². The molecule has 192 valence electrons. The summed E-state index contributed by atoms with van der Waals surface area (Å²) >= 11 is 0. The van der Waals surface area contributed by atoms with E-state index < -0.39 is 28.2 Å². The van der Waals surface area contributed by atoms with Crippen molar-refractivity contribution in [3.05, 3.63) is 29.6 Å². The second-order valence-electron chi connectivity index (χ2n) is 9.47. The number of rotatable bonds is 4. The summed E-state index contributed by atoms with van der Waals surface area (Å²) in [6.45, 7) is 5.23. The van der Waals surface area contributed by atoms with E-state index in [-0.39, 0.29) is 67.5 Å². The fourth-order valence-corrected chi connectivity index (χ4v) is 5.50. The van der Waals surface area contributed by atoms with E-state index in [1.807, 2.05) is 20.8 Å². The van der Waals surface area contributed by atoms with Gasteiger partial charge in [-0.3, -0.25) is 10.1 Å². The molecule has 2 aromatic rings. The number of aromatic nitrogens is 2. The molecule has 1 saturated heterocycles. The Morgan fingerprint density at radius 3 is 2.43 bits per heavy atom. The zero-order chi connectivity index (χ0) is 25.6. The van der Waals surface area contributed by atoms with Gasteiger partial charge < -0.3 is 9.26 Å². The lowest BCUT2D eigenvalue weighted by Crippen LogP contribution is -2.50. The first kappa shape index (κ1) is 25.2. The molecule has 35 heavy (non-hydrogen) atoms. The number of amides is 1. The van der Waals surface area contributed by atoms with Gasteiger partial charge in [0.05, 0.1) is 23.7 Å². The topological polar surface area (TPSA) is 118 Å². The molecule has 0 unspecified atom stereocenters. The molecule has 0 atom stereocenters. The zero-order valence-electron chi connectivity index (χ0n) is 19.4. The van der Waals surface area contributed by atoms with Crippen molar-refractivity contribution in [1.82, 2.24) is 14.4 Å². The predicted octanol–water partition coefficient (Wildman–Crippen LogP) is 3.34. The number of anilines is 2. The number of ether oxygens (including phenoxy) is 1. The van der Waals surface area contributed by atoms with E-state index in [2.05, 4.69) is 15.5 Å². The average molecular weight is 518 g/mol. The third-order valence-electron chi connectivity index (χ3n) is 5.93. The molecule has 10 nitrogen and oxygen atoms in total. The number of halogens is 3. The van der Waals surface area contributed by atoms with Crippen LogP contribution in [0.15, 0.2) is 22.9 Å². The Hall–Kier alpha value is -2.87. The van der Waals surface area contributed by atoms with Crippen LogP contribution in [0.5, 0.6) is 5.88 Å². The van der Waals surface area contributed by atoms with Crippen LogP contribution in [-0.4, -0.2) is 61.2 Å². The van der Waals surface area contributed by atoms with Crippen molar-refractivity contribution >= 4 is 27.7 Å². The summed E-state index contributed by atoms with van der Waals surface area (Å²) in [5.41, 5.74) is 0.422. The Kier molecular flexibility index (Phi) is 6.47. The maximum atomic E-state index is 13.3. The van der Waals surface area contributed by atoms with Gasteiger partial charge in [0.2, 0.25) is 11.8 Å². The number of fused-ring (bicyclic) bond motifs is 1. The van der Waals surface area contributed by atoms with Crippen LogP contribution in [0.4, 0.5) is 24.7 Å². The number of piperidine rings is 1. The van der Waals surface area contributed by atoms with Crippen molar-refractivity contribution in [3.63, 3.8) is 0 Å². The van der Waals surface area contributed by atoms with Gasteiger partial charge in [-0.1, -0.05) is 25.9 Å². The lowest BCUT2D eigenvalue weighted by atomic mass is 9.92. The summed E-state index contributed by atoms with van der Waals surface area (Å²) < 4.78 is 78.2. The van der Waals surface area contributed by atoms with Crippen LogP contribution in [0.1, 0.15) is 49.7 Å². The molecule has 1 N–H and O–H groups in total. The Morgan fingerprint density at radius 2 is 1.83 bits per heavy atom. The van der Waals surface area contributed by atoms with Crippen molar-refractivity contribution in [2.45, 2.75) is 45.2 Å². The molecule has 4 heterocycles. The maximum absolute atomic E-state index is 13.3. The molecule has 0 bridgehead atoms. The molecule has 14 heteroatoms. The van der Waals surface area contributed by atoms with E-state index >= 15 is 0 Å². The Bertz CT molecular complexity index is 1200. The quantitative estimate of drug-likeness (QED) is 0.661. The lowest BCUT2D eigenvalue weighted by Gasteiger charge is -2.37. The van der Waals surface area contributed by atoms with Gasteiger partial charge in [-0.05, 0) is 18.9 Å². The van der Waals surface area contributed by atoms with E-state index in [1.165, 1.54) is 12.3 Å². The number of hydrogen-bond acceptors (Lipinski definition) is 7. The number of nitrogens with one attached hydrogen (secondary N) is 1. The number of carbonyl (C=O) groups is 1. The molecular weight excluding hydrogens is 491 g/mol. The minimum atomic E-state index is -4.36. The summed E-state index contributed by atoms with van der Waals surface area (Å²) in [6, 6.07) is 2.91. The summed E-state index contributed by atoms with van der Waals surface area (Å²) in [7, 11) is -4.16. The molecule has 0 spiro atoms. The fourth-order valence-electron chi connectivity index (χ4n) is 3.86. The first-order valence-electron chi connectivity index (χ1n) is 11.0. The van der Waals surface area contributed by atoms with Crippen LogP contribution >= 0.6 is 0 Å². The first-order valence-corrected chi connectivity index (χ1v) is 12.4. The molecule has 1 fully saturated rings. The largest absolute Gasteiger partial charge is 0.474 e. The number of carbonyl (C=O) groups excluding carboxylic acids is 1. The van der Waals surface area contributed by atoms with Crippen LogP contribution in [0.3, 0.4) is 0 Å². The highest BCUT2D eigenvalue weighted by atomic mass is 32.2. The van der Waals surface area contributed by atoms with E-state index in [1.54, 1.807) is 6.07 Å². The molecule has 4 rings (SSSR count). The Morgan fingerprint density at radius 1 is 1.14 bits per heavy atom. The molecule has 0 aliphatic carbocycles. The van der Waals surface area contributed by atoms with Gasteiger partial charge in [0, 0.05) is 30.8 Å². The van der Waals surface area contributed by atoms with Crippen molar-refractivity contribution in [2.75, 3.05) is 35.9 Å². The van der Waals surface area contributed by atoms with E-state index in [0.29, 0.717) is 5.69 Å². The number of pyridine rings is 1. The number of hydrogen-bond donors (Lipinski definition) is 1. The second kappa shape index (κ2) is 8.97. The van der Waals surface area contributed by atoms with E-state index in [0.717, 1.165) is 8.61 Å². The maximum Gasteiger partial charge on any atom is 0.391 e. The molecule has 0 aromatic carbocycles. The highest BCUT2D eigenvalue weighted by molar-refractivity contribution is 7.90. The minimum Gasteiger partial charge on any atom is -0.474 e. The summed E-state index contributed by atoms with van der Waals surface area (Å²) in [4.78, 5) is 16.9. The monoisotopic (exact) mass is 517 g/mol. The standard InChI is InChI=1S/C21H26F3N5O5S/c1-20(2,3)16-11-17(34-27-16)26-18(30)13-10-15-19(25-12-13)33-9-8-29(15)35(31,32)28-6-4-14(5-7-28)21(22,23)24/h10-12,14H,4-9H2,1-3H3,(H,26,30). The fraction of sp³-hybridized carbons (Fsp3) is 0.571. The van der Waals surface area contributed by atoms with Gasteiger partial charge in [0.15, 0.2) is 0 Å². The first-order chi connectivity index (χ1) is 16.3. The molecule has 2 aliphatic rings. The van der Waals surface area contributed by atoms with Gasteiger partial charge >= 0.3 is 16.4 Å². The summed E-state index contributed by atoms with van der Waals surface area (Å²) in [5.74, 6) is -2.01. The molecule has 0 radical (unpaired) electrons. The third kappa shape index (κ3) is 5.22. The van der Waals surface area contributed by atoms with Gasteiger partial charge in [0.25, 0.3) is 5.91 Å². The highest BCUT2D eigenvalue weighted by Gasteiger charge is 2.44. The van der Waals surface area contributed by atoms with Crippen LogP contribution in [0.25, 0.3) is 0 Å². The van der Waals surface area contributed by atoms with Gasteiger partial charge in [-0.2, -0.15) is 25.9 Å². The van der Waals surface area contributed by atoms with Gasteiger partial charge in [0.1, 0.15) is 12.3 Å². The van der Waals surface area contributed by atoms with Crippen LogP contribution in [0.2, 0.25) is 0 Å². The second-order valence-corrected chi connectivity index (χ2v) is 11.3. The van der Waals surface area contributed by atoms with Crippen molar-refractivity contribution < 1.29 is 35.6 Å². The van der Waals surface area contributed by atoms with Gasteiger partial charge in [-0.15, -0.1) is 0 Å². The molecule has 2 aliphatic heterocycles. The normalized spacial score (nSPS) is 18.2. The molecule has 0 saturated carbocycles.